The van der Waals surface area contributed by atoms with Crippen LogP contribution in [-0.4, -0.2) is 33.2 Å². The Bertz CT molecular complexity index is 1980. The van der Waals surface area contributed by atoms with Crippen molar-refractivity contribution in [3.63, 3.8) is 0 Å². The number of carbonyl (C=O) groups is 1. The van der Waals surface area contributed by atoms with Crippen LogP contribution in [0.15, 0.2) is 89.6 Å². The van der Waals surface area contributed by atoms with Crippen LogP contribution in [0.2, 0.25) is 0 Å². The summed E-state index contributed by atoms with van der Waals surface area (Å²) in [4.78, 5) is 13.2. The van der Waals surface area contributed by atoms with Crippen LogP contribution in [-0.2, 0) is 6.54 Å². The number of amides is 1. The summed E-state index contributed by atoms with van der Waals surface area (Å²) >= 11 is 0. The normalized spacial score (nSPS) is 11.5. The Hall–Kier alpha value is -5.31. The molecule has 0 aliphatic heterocycles. The lowest BCUT2D eigenvalue weighted by molar-refractivity contribution is 0.0951. The lowest BCUT2D eigenvalue weighted by Crippen LogP contribution is -2.23. The summed E-state index contributed by atoms with van der Waals surface area (Å²) in [7, 11) is 1.59. The van der Waals surface area contributed by atoms with E-state index in [-0.39, 0.29) is 18.3 Å². The number of rotatable bonds is 6. The summed E-state index contributed by atoms with van der Waals surface area (Å²) in [6.07, 6.45) is 1.50. The molecule has 7 aromatic rings. The third-order valence-corrected chi connectivity index (χ3v) is 6.98. The highest BCUT2D eigenvalue weighted by Crippen LogP contribution is 2.42. The highest BCUT2D eigenvalue weighted by Gasteiger charge is 2.20. The van der Waals surface area contributed by atoms with Crippen LogP contribution >= 0.6 is 0 Å². The Kier molecular flexibility index (Phi) is 5.22. The van der Waals surface area contributed by atoms with Crippen molar-refractivity contribution >= 4 is 38.6 Å². The van der Waals surface area contributed by atoms with Crippen molar-refractivity contribution in [3.05, 3.63) is 102 Å². The number of aromatic nitrogens is 4. The number of hydrogen-bond donors (Lipinski definition) is 1. The molecule has 0 radical (unpaired) electrons. The molecular formula is C30H20FN5O3. The van der Waals surface area contributed by atoms with Crippen LogP contribution in [0.4, 0.5) is 4.39 Å². The Balaban J connectivity index is 1.21. The average molecular weight is 518 g/mol. The average Bonchev–Trinajstić information content (AvgIpc) is 3.72. The van der Waals surface area contributed by atoms with Crippen molar-refractivity contribution in [2.45, 2.75) is 6.54 Å². The quantitative estimate of drug-likeness (QED) is 0.276. The Morgan fingerprint density at radius 2 is 1.64 bits per heavy atom. The van der Waals surface area contributed by atoms with Crippen molar-refractivity contribution in [2.24, 2.45) is 0 Å². The van der Waals surface area contributed by atoms with Gasteiger partial charge < -0.3 is 14.5 Å². The van der Waals surface area contributed by atoms with E-state index in [1.165, 1.54) is 23.1 Å². The number of hydrogen-bond acceptors (Lipinski definition) is 6. The zero-order valence-corrected chi connectivity index (χ0v) is 20.7. The van der Waals surface area contributed by atoms with Gasteiger partial charge in [-0.25, -0.2) is 9.07 Å². The smallest absolute Gasteiger partial charge is 0.251 e. The van der Waals surface area contributed by atoms with E-state index < -0.39 is 0 Å². The number of methoxy groups -OCH3 is 1. The van der Waals surface area contributed by atoms with E-state index in [0.29, 0.717) is 11.3 Å². The summed E-state index contributed by atoms with van der Waals surface area (Å²) in [6, 6.07) is 23.6. The van der Waals surface area contributed by atoms with E-state index >= 15 is 0 Å². The molecule has 7 rings (SSSR count). The van der Waals surface area contributed by atoms with Gasteiger partial charge in [-0.3, -0.25) is 4.79 Å². The maximum absolute atomic E-state index is 13.4. The predicted octanol–water partition coefficient (Wildman–Crippen LogP) is 5.90. The molecule has 39 heavy (non-hydrogen) atoms. The molecule has 0 fully saturated rings. The van der Waals surface area contributed by atoms with E-state index in [4.69, 9.17) is 9.15 Å². The summed E-state index contributed by atoms with van der Waals surface area (Å²) in [5.74, 6) is 0.163. The minimum Gasteiger partial charge on any atom is -0.497 e. The molecule has 0 aliphatic rings. The van der Waals surface area contributed by atoms with Gasteiger partial charge in [0.05, 0.1) is 12.8 Å². The molecule has 3 heterocycles. The standard InChI is InChI=1S/C30H20FN5O3/c1-38-22-8-11-27(36-16-33-34-35-36)20(12-22)15-32-30(37)19-5-10-24-26(14-19)29-25-13-18(4-9-23(25)28(24)39-29)17-2-6-21(31)7-3-17/h2-14,16H,15H2,1H3,(H,32,37). The summed E-state index contributed by atoms with van der Waals surface area (Å²) in [5, 5.41) is 18.2. The van der Waals surface area contributed by atoms with Gasteiger partial charge in [-0.05, 0) is 82.2 Å². The molecule has 9 heteroatoms. The predicted molar refractivity (Wildman–Crippen MR) is 145 cm³/mol. The summed E-state index contributed by atoms with van der Waals surface area (Å²) in [5.41, 5.74) is 5.44. The maximum atomic E-state index is 13.4. The molecule has 0 atom stereocenters. The van der Waals surface area contributed by atoms with Gasteiger partial charge >= 0.3 is 0 Å². The fourth-order valence-electron chi connectivity index (χ4n) is 5.04. The fourth-order valence-corrected chi connectivity index (χ4v) is 5.04. The maximum Gasteiger partial charge on any atom is 0.251 e. The molecule has 0 saturated heterocycles. The lowest BCUT2D eigenvalue weighted by Gasteiger charge is -2.12. The SMILES string of the molecule is COc1ccc(-n2cnnn2)c(CNC(=O)c2ccc3c(c2)c2oc3c3ccc(-c4ccc(F)cc4)cc32)c1. The van der Waals surface area contributed by atoms with Crippen LogP contribution in [0.3, 0.4) is 0 Å². The number of ether oxygens (including phenoxy) is 1. The van der Waals surface area contributed by atoms with E-state index in [9.17, 15) is 9.18 Å². The fraction of sp³-hybridized carbons (Fsp3) is 0.0667. The van der Waals surface area contributed by atoms with E-state index in [2.05, 4.69) is 20.8 Å². The molecule has 3 aromatic heterocycles. The first kappa shape index (κ1) is 22.9. The number of nitrogens with one attached hydrogen (secondary N) is 1. The van der Waals surface area contributed by atoms with Gasteiger partial charge in [0.15, 0.2) is 0 Å². The van der Waals surface area contributed by atoms with Crippen LogP contribution in [0.25, 0.3) is 49.5 Å². The minimum absolute atomic E-state index is 0.225. The van der Waals surface area contributed by atoms with Crippen molar-refractivity contribution < 1.29 is 18.3 Å². The number of carbonyl (C=O) groups excluding carboxylic acids is 1. The second kappa shape index (κ2) is 8.91. The van der Waals surface area contributed by atoms with Gasteiger partial charge in [-0.1, -0.05) is 18.2 Å². The van der Waals surface area contributed by atoms with Crippen LogP contribution in [0.1, 0.15) is 15.9 Å². The van der Waals surface area contributed by atoms with Crippen molar-refractivity contribution in [1.29, 1.82) is 0 Å². The number of nitrogens with zero attached hydrogens (tertiary/aromatic N) is 4. The van der Waals surface area contributed by atoms with Gasteiger partial charge in [-0.15, -0.1) is 5.10 Å². The first-order valence-corrected chi connectivity index (χ1v) is 12.2. The number of tetrazole rings is 1. The summed E-state index contributed by atoms with van der Waals surface area (Å²) in [6.45, 7) is 0.247. The first-order valence-electron chi connectivity index (χ1n) is 12.2. The molecule has 2 bridgehead atoms. The molecule has 0 spiro atoms. The van der Waals surface area contributed by atoms with Crippen molar-refractivity contribution in [3.8, 4) is 22.6 Å². The van der Waals surface area contributed by atoms with E-state index in [1.54, 1.807) is 25.3 Å². The minimum atomic E-state index is -0.273. The molecule has 0 saturated carbocycles. The van der Waals surface area contributed by atoms with Gasteiger partial charge in [0.1, 0.15) is 29.1 Å². The van der Waals surface area contributed by atoms with Crippen LogP contribution < -0.4 is 10.1 Å². The molecule has 4 aromatic carbocycles. The third kappa shape index (κ3) is 3.83. The summed E-state index contributed by atoms with van der Waals surface area (Å²) < 4.78 is 26.5. The van der Waals surface area contributed by atoms with Gasteiger partial charge in [0.2, 0.25) is 0 Å². The second-order valence-corrected chi connectivity index (χ2v) is 9.22. The third-order valence-electron chi connectivity index (χ3n) is 6.98. The van der Waals surface area contributed by atoms with Gasteiger partial charge in [-0.2, -0.15) is 0 Å². The molecule has 1 amide bonds. The lowest BCUT2D eigenvalue weighted by atomic mass is 9.97. The largest absolute Gasteiger partial charge is 0.497 e. The van der Waals surface area contributed by atoms with Gasteiger partial charge in [0.25, 0.3) is 5.91 Å². The Morgan fingerprint density at radius 1 is 0.897 bits per heavy atom. The molecule has 8 nitrogen and oxygen atoms in total. The monoisotopic (exact) mass is 517 g/mol. The first-order chi connectivity index (χ1) is 19.1. The number of fused-ring (bicyclic) bond motifs is 8. The van der Waals surface area contributed by atoms with Crippen LogP contribution in [0.5, 0.6) is 5.75 Å². The highest BCUT2D eigenvalue weighted by molar-refractivity contribution is 6.26. The molecular weight excluding hydrogens is 497 g/mol. The zero-order valence-electron chi connectivity index (χ0n) is 20.7. The molecule has 190 valence electrons. The zero-order chi connectivity index (χ0) is 26.5. The Labute approximate surface area is 220 Å². The number of benzene rings is 5. The number of furan rings is 2. The molecule has 0 unspecified atom stereocenters. The van der Waals surface area contributed by atoms with Gasteiger partial charge in [0, 0.05) is 39.2 Å². The van der Waals surface area contributed by atoms with Crippen LogP contribution in [0, 0.1) is 5.82 Å². The highest BCUT2D eigenvalue weighted by atomic mass is 19.1. The molecule has 0 aliphatic carbocycles. The van der Waals surface area contributed by atoms with Crippen molar-refractivity contribution in [1.82, 2.24) is 25.5 Å². The second-order valence-electron chi connectivity index (χ2n) is 9.22. The van der Waals surface area contributed by atoms with Crippen molar-refractivity contribution in [2.75, 3.05) is 7.11 Å². The Morgan fingerprint density at radius 3 is 2.41 bits per heavy atom. The molecule has 1 N–H and O–H groups in total. The topological polar surface area (TPSA) is 95.1 Å². The number of halogens is 1. The van der Waals surface area contributed by atoms with E-state index in [1.807, 2.05) is 48.5 Å². The van der Waals surface area contributed by atoms with E-state index in [0.717, 1.165) is 55.1 Å².